The van der Waals surface area contributed by atoms with E-state index in [2.05, 4.69) is 34.2 Å². The molecule has 0 saturated carbocycles. The van der Waals surface area contributed by atoms with Gasteiger partial charge in [0, 0.05) is 28.8 Å². The number of ether oxygens (including phenoxy) is 1. The van der Waals surface area contributed by atoms with Crippen molar-refractivity contribution in [1.29, 1.82) is 0 Å². The first-order valence-corrected chi connectivity index (χ1v) is 7.60. The van der Waals surface area contributed by atoms with Crippen molar-refractivity contribution in [2.24, 2.45) is 5.92 Å². The normalized spacial score (nSPS) is 18.8. The molecule has 1 unspecified atom stereocenters. The van der Waals surface area contributed by atoms with Gasteiger partial charge in [-0.1, -0.05) is 33.6 Å². The Kier molecular flexibility index (Phi) is 5.49. The molecule has 1 aliphatic rings. The lowest BCUT2D eigenvalue weighted by atomic mass is 9.99. The monoisotopic (exact) mass is 331 g/mol. The summed E-state index contributed by atoms with van der Waals surface area (Å²) >= 11 is 9.68. The van der Waals surface area contributed by atoms with E-state index in [9.17, 15) is 0 Å². The average Bonchev–Trinajstić information content (AvgIpc) is 2.37. The standard InChI is InChI=1S/C14H19BrClNO/c1-10(13-3-2-12(15)8-14(13)16)17-9-11-4-6-18-7-5-11/h2-3,8,10-11,17H,4-7,9H2,1H3. The van der Waals surface area contributed by atoms with Crippen LogP contribution in [0.5, 0.6) is 0 Å². The molecule has 4 heteroatoms. The molecular weight excluding hydrogens is 314 g/mol. The van der Waals surface area contributed by atoms with Crippen molar-refractivity contribution >= 4 is 27.5 Å². The zero-order valence-electron chi connectivity index (χ0n) is 10.6. The molecule has 1 heterocycles. The minimum Gasteiger partial charge on any atom is -0.381 e. The number of benzene rings is 1. The zero-order chi connectivity index (χ0) is 13.0. The van der Waals surface area contributed by atoms with Crippen LogP contribution in [0.2, 0.25) is 5.02 Å². The van der Waals surface area contributed by atoms with E-state index in [4.69, 9.17) is 16.3 Å². The molecule has 100 valence electrons. The van der Waals surface area contributed by atoms with Crippen LogP contribution in [0.4, 0.5) is 0 Å². The van der Waals surface area contributed by atoms with Gasteiger partial charge in [0.15, 0.2) is 0 Å². The molecule has 2 nitrogen and oxygen atoms in total. The van der Waals surface area contributed by atoms with Crippen LogP contribution >= 0.6 is 27.5 Å². The molecule has 0 spiro atoms. The van der Waals surface area contributed by atoms with Crippen LogP contribution in [-0.2, 0) is 4.74 Å². The molecule has 0 aromatic heterocycles. The molecule has 0 bridgehead atoms. The third kappa shape index (κ3) is 3.95. The molecule has 1 atom stereocenters. The maximum Gasteiger partial charge on any atom is 0.0469 e. The summed E-state index contributed by atoms with van der Waals surface area (Å²) in [4.78, 5) is 0. The SMILES string of the molecule is CC(NCC1CCOCC1)c1ccc(Br)cc1Cl. The summed E-state index contributed by atoms with van der Waals surface area (Å²) in [6, 6.07) is 6.35. The summed E-state index contributed by atoms with van der Waals surface area (Å²) in [5, 5.41) is 4.39. The average molecular weight is 333 g/mol. The molecule has 1 aromatic carbocycles. The summed E-state index contributed by atoms with van der Waals surface area (Å²) in [6.45, 7) is 5.00. The fourth-order valence-electron chi connectivity index (χ4n) is 2.26. The van der Waals surface area contributed by atoms with Gasteiger partial charge in [-0.15, -0.1) is 0 Å². The summed E-state index contributed by atoms with van der Waals surface area (Å²) in [7, 11) is 0. The molecule has 0 amide bonds. The van der Waals surface area contributed by atoms with Crippen LogP contribution in [0.3, 0.4) is 0 Å². The van der Waals surface area contributed by atoms with E-state index in [1.807, 2.05) is 12.1 Å². The van der Waals surface area contributed by atoms with E-state index in [-0.39, 0.29) is 6.04 Å². The summed E-state index contributed by atoms with van der Waals surface area (Å²) < 4.78 is 6.39. The number of halogens is 2. The molecule has 0 radical (unpaired) electrons. The van der Waals surface area contributed by atoms with Gasteiger partial charge >= 0.3 is 0 Å². The second kappa shape index (κ2) is 6.90. The van der Waals surface area contributed by atoms with Crippen LogP contribution in [0.25, 0.3) is 0 Å². The summed E-state index contributed by atoms with van der Waals surface area (Å²) in [6.07, 6.45) is 2.32. The van der Waals surface area contributed by atoms with E-state index in [1.165, 1.54) is 0 Å². The fourth-order valence-corrected chi connectivity index (χ4v) is 3.09. The Balaban J connectivity index is 1.88. The summed E-state index contributed by atoms with van der Waals surface area (Å²) in [5.41, 5.74) is 1.16. The predicted molar refractivity (Wildman–Crippen MR) is 79.1 cm³/mol. The highest BCUT2D eigenvalue weighted by Gasteiger charge is 2.16. The highest BCUT2D eigenvalue weighted by molar-refractivity contribution is 9.10. The zero-order valence-corrected chi connectivity index (χ0v) is 12.9. The van der Waals surface area contributed by atoms with E-state index < -0.39 is 0 Å². The number of nitrogens with one attached hydrogen (secondary N) is 1. The molecule has 18 heavy (non-hydrogen) atoms. The van der Waals surface area contributed by atoms with Crippen LogP contribution in [0.15, 0.2) is 22.7 Å². The smallest absolute Gasteiger partial charge is 0.0469 e. The minimum atomic E-state index is 0.286. The maximum atomic E-state index is 6.26. The van der Waals surface area contributed by atoms with Gasteiger partial charge < -0.3 is 10.1 Å². The molecule has 1 saturated heterocycles. The van der Waals surface area contributed by atoms with Gasteiger partial charge in [0.25, 0.3) is 0 Å². The van der Waals surface area contributed by atoms with Gasteiger partial charge in [0.2, 0.25) is 0 Å². The first kappa shape index (κ1) is 14.3. The van der Waals surface area contributed by atoms with E-state index in [1.54, 1.807) is 0 Å². The van der Waals surface area contributed by atoms with E-state index in [0.29, 0.717) is 0 Å². The predicted octanol–water partition coefficient (Wildman–Crippen LogP) is 4.18. The topological polar surface area (TPSA) is 21.3 Å². The Morgan fingerprint density at radius 2 is 2.17 bits per heavy atom. The second-order valence-electron chi connectivity index (χ2n) is 4.85. The van der Waals surface area contributed by atoms with Gasteiger partial charge in [-0.3, -0.25) is 0 Å². The fraction of sp³-hybridized carbons (Fsp3) is 0.571. The Morgan fingerprint density at radius 1 is 1.44 bits per heavy atom. The lowest BCUT2D eigenvalue weighted by Gasteiger charge is -2.24. The molecule has 1 fully saturated rings. The van der Waals surface area contributed by atoms with Crippen LogP contribution in [0.1, 0.15) is 31.4 Å². The second-order valence-corrected chi connectivity index (χ2v) is 6.17. The van der Waals surface area contributed by atoms with Crippen LogP contribution in [-0.4, -0.2) is 19.8 Å². The van der Waals surface area contributed by atoms with Gasteiger partial charge in [-0.25, -0.2) is 0 Å². The first-order valence-electron chi connectivity index (χ1n) is 6.43. The molecule has 2 rings (SSSR count). The van der Waals surface area contributed by atoms with Crippen LogP contribution < -0.4 is 5.32 Å². The lowest BCUT2D eigenvalue weighted by molar-refractivity contribution is 0.0656. The van der Waals surface area contributed by atoms with Crippen molar-refractivity contribution in [3.05, 3.63) is 33.3 Å². The molecule has 1 N–H and O–H groups in total. The highest BCUT2D eigenvalue weighted by Crippen LogP contribution is 2.26. The summed E-state index contributed by atoms with van der Waals surface area (Å²) in [5.74, 6) is 0.732. The highest BCUT2D eigenvalue weighted by atomic mass is 79.9. The van der Waals surface area contributed by atoms with E-state index >= 15 is 0 Å². The van der Waals surface area contributed by atoms with Crippen molar-refractivity contribution < 1.29 is 4.74 Å². The van der Waals surface area contributed by atoms with E-state index in [0.717, 1.165) is 53.6 Å². The van der Waals surface area contributed by atoms with Crippen molar-refractivity contribution in [2.45, 2.75) is 25.8 Å². The van der Waals surface area contributed by atoms with Crippen LogP contribution in [0, 0.1) is 5.92 Å². The molecule has 1 aliphatic heterocycles. The van der Waals surface area contributed by atoms with Gasteiger partial charge in [-0.2, -0.15) is 0 Å². The van der Waals surface area contributed by atoms with Gasteiger partial charge in [0.1, 0.15) is 0 Å². The Labute approximate surface area is 122 Å². The maximum absolute atomic E-state index is 6.26. The van der Waals surface area contributed by atoms with Crippen molar-refractivity contribution in [3.8, 4) is 0 Å². The van der Waals surface area contributed by atoms with Crippen molar-refractivity contribution in [1.82, 2.24) is 5.32 Å². The quantitative estimate of drug-likeness (QED) is 0.893. The lowest BCUT2D eigenvalue weighted by Crippen LogP contribution is -2.29. The van der Waals surface area contributed by atoms with Gasteiger partial charge in [-0.05, 0) is 49.9 Å². The largest absolute Gasteiger partial charge is 0.381 e. The number of rotatable bonds is 4. The van der Waals surface area contributed by atoms with Crippen molar-refractivity contribution in [2.75, 3.05) is 19.8 Å². The Morgan fingerprint density at radius 3 is 2.83 bits per heavy atom. The molecule has 1 aromatic rings. The Hall–Kier alpha value is -0.0900. The Bertz CT molecular complexity index is 393. The minimum absolute atomic E-state index is 0.286. The third-order valence-electron chi connectivity index (χ3n) is 3.48. The number of hydrogen-bond acceptors (Lipinski definition) is 2. The van der Waals surface area contributed by atoms with Gasteiger partial charge in [0.05, 0.1) is 0 Å². The molecule has 0 aliphatic carbocycles. The first-order chi connectivity index (χ1) is 8.66. The van der Waals surface area contributed by atoms with Crippen molar-refractivity contribution in [3.63, 3.8) is 0 Å². The molecular formula is C14H19BrClNO. The third-order valence-corrected chi connectivity index (χ3v) is 4.30. The number of hydrogen-bond donors (Lipinski definition) is 1.